The SMILES string of the molecule is CCCCCCCCCC(C)CCN. The van der Waals surface area contributed by atoms with Crippen LogP contribution in [0.5, 0.6) is 0 Å². The Kier molecular flexibility index (Phi) is 11.0. The van der Waals surface area contributed by atoms with Gasteiger partial charge < -0.3 is 5.73 Å². The van der Waals surface area contributed by atoms with Gasteiger partial charge in [0.25, 0.3) is 0 Å². The van der Waals surface area contributed by atoms with Crippen LogP contribution in [0, 0.1) is 5.92 Å². The van der Waals surface area contributed by atoms with Gasteiger partial charge in [-0.25, -0.2) is 0 Å². The molecule has 0 radical (unpaired) electrons. The van der Waals surface area contributed by atoms with Gasteiger partial charge in [-0.05, 0) is 18.9 Å². The summed E-state index contributed by atoms with van der Waals surface area (Å²) in [7, 11) is 0. The summed E-state index contributed by atoms with van der Waals surface area (Å²) >= 11 is 0. The molecule has 0 bridgehead atoms. The summed E-state index contributed by atoms with van der Waals surface area (Å²) < 4.78 is 0. The van der Waals surface area contributed by atoms with Crippen LogP contribution in [0.3, 0.4) is 0 Å². The average Bonchev–Trinajstić information content (AvgIpc) is 2.17. The topological polar surface area (TPSA) is 26.0 Å². The predicted octanol–water partition coefficient (Wildman–Crippen LogP) is 4.11. The van der Waals surface area contributed by atoms with Crippen molar-refractivity contribution in [3.05, 3.63) is 0 Å². The summed E-state index contributed by atoms with van der Waals surface area (Å²) in [5, 5.41) is 0. The lowest BCUT2D eigenvalue weighted by Crippen LogP contribution is -2.05. The van der Waals surface area contributed by atoms with Crippen LogP contribution in [0.2, 0.25) is 0 Å². The van der Waals surface area contributed by atoms with Gasteiger partial charge in [-0.15, -0.1) is 0 Å². The number of rotatable bonds is 10. The molecular weight excluding hydrogens is 170 g/mol. The van der Waals surface area contributed by atoms with Gasteiger partial charge in [0.2, 0.25) is 0 Å². The quantitative estimate of drug-likeness (QED) is 0.526. The molecule has 86 valence electrons. The van der Waals surface area contributed by atoms with Crippen LogP contribution < -0.4 is 5.73 Å². The van der Waals surface area contributed by atoms with Gasteiger partial charge in [0, 0.05) is 0 Å². The van der Waals surface area contributed by atoms with Crippen LogP contribution in [-0.2, 0) is 0 Å². The fourth-order valence-corrected chi connectivity index (χ4v) is 1.88. The Morgan fingerprint density at radius 3 is 2.00 bits per heavy atom. The average molecular weight is 199 g/mol. The molecule has 0 aromatic heterocycles. The first kappa shape index (κ1) is 14.0. The summed E-state index contributed by atoms with van der Waals surface area (Å²) in [5.74, 6) is 0.843. The van der Waals surface area contributed by atoms with Gasteiger partial charge in [0.05, 0.1) is 0 Å². The largest absolute Gasteiger partial charge is 0.330 e. The zero-order valence-electron chi connectivity index (χ0n) is 10.2. The third kappa shape index (κ3) is 10.0. The van der Waals surface area contributed by atoms with E-state index in [1.165, 1.54) is 57.8 Å². The van der Waals surface area contributed by atoms with E-state index < -0.39 is 0 Å². The molecule has 0 aliphatic heterocycles. The first-order valence-electron chi connectivity index (χ1n) is 6.51. The zero-order valence-corrected chi connectivity index (χ0v) is 10.2. The van der Waals surface area contributed by atoms with E-state index in [4.69, 9.17) is 5.73 Å². The third-order valence-electron chi connectivity index (χ3n) is 2.96. The summed E-state index contributed by atoms with van der Waals surface area (Å²) in [5.41, 5.74) is 5.51. The van der Waals surface area contributed by atoms with E-state index in [0.29, 0.717) is 0 Å². The fraction of sp³-hybridized carbons (Fsp3) is 1.00. The Morgan fingerprint density at radius 1 is 0.857 bits per heavy atom. The molecule has 1 atom stereocenters. The van der Waals surface area contributed by atoms with Gasteiger partial charge >= 0.3 is 0 Å². The molecule has 0 rings (SSSR count). The maximum absolute atomic E-state index is 5.51. The Balaban J connectivity index is 2.98. The summed E-state index contributed by atoms with van der Waals surface area (Å²) in [6.45, 7) is 5.45. The van der Waals surface area contributed by atoms with Crippen LogP contribution in [0.1, 0.15) is 71.6 Å². The van der Waals surface area contributed by atoms with Crippen molar-refractivity contribution in [2.45, 2.75) is 71.6 Å². The minimum Gasteiger partial charge on any atom is -0.330 e. The highest BCUT2D eigenvalue weighted by Crippen LogP contribution is 2.14. The second-order valence-electron chi connectivity index (χ2n) is 4.59. The predicted molar refractivity (Wildman–Crippen MR) is 65.4 cm³/mol. The summed E-state index contributed by atoms with van der Waals surface area (Å²) in [6, 6.07) is 0. The summed E-state index contributed by atoms with van der Waals surface area (Å²) in [4.78, 5) is 0. The van der Waals surface area contributed by atoms with Gasteiger partial charge in [0.1, 0.15) is 0 Å². The first-order chi connectivity index (χ1) is 6.81. The number of hydrogen-bond donors (Lipinski definition) is 1. The molecule has 1 nitrogen and oxygen atoms in total. The monoisotopic (exact) mass is 199 g/mol. The second-order valence-corrected chi connectivity index (χ2v) is 4.59. The molecule has 2 N–H and O–H groups in total. The zero-order chi connectivity index (χ0) is 10.6. The lowest BCUT2D eigenvalue weighted by Gasteiger charge is -2.08. The minimum atomic E-state index is 0.843. The number of hydrogen-bond acceptors (Lipinski definition) is 1. The van der Waals surface area contributed by atoms with Gasteiger partial charge in [-0.1, -0.05) is 65.2 Å². The van der Waals surface area contributed by atoms with E-state index in [2.05, 4.69) is 13.8 Å². The number of nitrogens with two attached hydrogens (primary N) is 1. The third-order valence-corrected chi connectivity index (χ3v) is 2.96. The molecule has 0 amide bonds. The van der Waals surface area contributed by atoms with Crippen LogP contribution in [0.15, 0.2) is 0 Å². The Labute approximate surface area is 90.5 Å². The van der Waals surface area contributed by atoms with Crippen molar-refractivity contribution < 1.29 is 0 Å². The smallest absolute Gasteiger partial charge is 0.00747 e. The van der Waals surface area contributed by atoms with E-state index in [-0.39, 0.29) is 0 Å². The fourth-order valence-electron chi connectivity index (χ4n) is 1.88. The van der Waals surface area contributed by atoms with E-state index in [1.807, 2.05) is 0 Å². The van der Waals surface area contributed by atoms with Crippen molar-refractivity contribution in [3.63, 3.8) is 0 Å². The van der Waals surface area contributed by atoms with Gasteiger partial charge in [0.15, 0.2) is 0 Å². The Hall–Kier alpha value is -0.0400. The van der Waals surface area contributed by atoms with Crippen molar-refractivity contribution >= 4 is 0 Å². The van der Waals surface area contributed by atoms with E-state index in [9.17, 15) is 0 Å². The molecule has 0 aliphatic carbocycles. The number of unbranched alkanes of at least 4 members (excludes halogenated alkanes) is 6. The van der Waals surface area contributed by atoms with Crippen LogP contribution >= 0.6 is 0 Å². The molecule has 1 heteroatoms. The highest BCUT2D eigenvalue weighted by atomic mass is 14.5. The molecular formula is C13H29N. The molecule has 0 aromatic rings. The Bertz CT molecular complexity index is 101. The van der Waals surface area contributed by atoms with Crippen molar-refractivity contribution in [2.24, 2.45) is 11.7 Å². The molecule has 0 saturated carbocycles. The lowest BCUT2D eigenvalue weighted by molar-refractivity contribution is 0.460. The molecule has 1 unspecified atom stereocenters. The van der Waals surface area contributed by atoms with Crippen molar-refractivity contribution in [1.29, 1.82) is 0 Å². The van der Waals surface area contributed by atoms with Crippen molar-refractivity contribution in [1.82, 2.24) is 0 Å². The molecule has 0 aliphatic rings. The standard InChI is InChI=1S/C13H29N/c1-3-4-5-6-7-8-9-10-13(2)11-12-14/h13H,3-12,14H2,1-2H3. The van der Waals surface area contributed by atoms with E-state index in [0.717, 1.165) is 12.5 Å². The normalized spacial score (nSPS) is 13.1. The maximum Gasteiger partial charge on any atom is -0.00747 e. The summed E-state index contributed by atoms with van der Waals surface area (Å²) in [6.07, 6.45) is 12.5. The molecule has 0 aromatic carbocycles. The molecule has 0 spiro atoms. The highest BCUT2D eigenvalue weighted by molar-refractivity contribution is 4.54. The van der Waals surface area contributed by atoms with Crippen LogP contribution in [0.25, 0.3) is 0 Å². The van der Waals surface area contributed by atoms with Gasteiger partial charge in [-0.3, -0.25) is 0 Å². The van der Waals surface area contributed by atoms with E-state index >= 15 is 0 Å². The van der Waals surface area contributed by atoms with Crippen LogP contribution in [0.4, 0.5) is 0 Å². The molecule has 0 fully saturated rings. The minimum absolute atomic E-state index is 0.843. The van der Waals surface area contributed by atoms with Gasteiger partial charge in [-0.2, -0.15) is 0 Å². The van der Waals surface area contributed by atoms with E-state index in [1.54, 1.807) is 0 Å². The maximum atomic E-state index is 5.51. The lowest BCUT2D eigenvalue weighted by atomic mass is 9.99. The van der Waals surface area contributed by atoms with Crippen molar-refractivity contribution in [2.75, 3.05) is 6.54 Å². The molecule has 14 heavy (non-hydrogen) atoms. The molecule has 0 saturated heterocycles. The first-order valence-corrected chi connectivity index (χ1v) is 6.51. The second kappa shape index (κ2) is 11.0. The highest BCUT2D eigenvalue weighted by Gasteiger charge is 1.99. The molecule has 0 heterocycles. The van der Waals surface area contributed by atoms with Crippen molar-refractivity contribution in [3.8, 4) is 0 Å². The van der Waals surface area contributed by atoms with Crippen LogP contribution in [-0.4, -0.2) is 6.54 Å². The Morgan fingerprint density at radius 2 is 1.43 bits per heavy atom.